The van der Waals surface area contributed by atoms with Crippen LogP contribution in [-0.2, 0) is 4.43 Å². The largest absolute Gasteiger partial charge is 0.490 e. The van der Waals surface area contributed by atoms with Gasteiger partial charge in [0.25, 0.3) is 5.88 Å². The van der Waals surface area contributed by atoms with E-state index in [-0.39, 0.29) is 11.1 Å². The van der Waals surface area contributed by atoms with Gasteiger partial charge in [-0.1, -0.05) is 20.8 Å². The van der Waals surface area contributed by atoms with Crippen LogP contribution in [-0.4, -0.2) is 33.1 Å². The molecular formula is C20H32N2O3Si. The molecule has 0 atom stereocenters. The van der Waals surface area contributed by atoms with Crippen molar-refractivity contribution in [2.24, 2.45) is 5.92 Å². The number of aromatic nitrogens is 1. The summed E-state index contributed by atoms with van der Waals surface area (Å²) in [5.74, 6) is 1.45. The highest BCUT2D eigenvalue weighted by Gasteiger charge is 2.38. The Kier molecular flexibility index (Phi) is 6.70. The first-order valence-electron chi connectivity index (χ1n) is 9.41. The van der Waals surface area contributed by atoms with Crippen LogP contribution in [0.2, 0.25) is 18.1 Å². The summed E-state index contributed by atoms with van der Waals surface area (Å²) in [4.78, 5) is 4.25. The van der Waals surface area contributed by atoms with E-state index in [1.54, 1.807) is 19.4 Å². The second kappa shape index (κ2) is 8.41. The molecule has 2 rings (SSSR count). The Morgan fingerprint density at radius 2 is 1.88 bits per heavy atom. The lowest BCUT2D eigenvalue weighted by Gasteiger charge is -2.38. The molecule has 144 valence electrons. The number of pyridine rings is 1. The fraction of sp³-hybridized carbons (Fsp3) is 0.700. The van der Waals surface area contributed by atoms with E-state index in [1.807, 2.05) is 0 Å². The van der Waals surface area contributed by atoms with Crippen molar-refractivity contribution in [3.05, 3.63) is 17.8 Å². The van der Waals surface area contributed by atoms with E-state index in [0.29, 0.717) is 23.1 Å². The zero-order valence-electron chi connectivity index (χ0n) is 17.0. The molecule has 0 bridgehead atoms. The Morgan fingerprint density at radius 3 is 2.42 bits per heavy atom. The van der Waals surface area contributed by atoms with Crippen molar-refractivity contribution in [3.8, 4) is 17.7 Å². The lowest BCUT2D eigenvalue weighted by atomic mass is 9.88. The Bertz CT molecular complexity index is 641. The third-order valence-corrected chi connectivity index (χ3v) is 10.3. The third kappa shape index (κ3) is 4.98. The van der Waals surface area contributed by atoms with Crippen molar-refractivity contribution in [2.75, 3.05) is 13.7 Å². The molecule has 26 heavy (non-hydrogen) atoms. The number of nitriles is 1. The molecule has 0 saturated heterocycles. The number of hydrogen-bond donors (Lipinski definition) is 0. The van der Waals surface area contributed by atoms with E-state index < -0.39 is 8.32 Å². The van der Waals surface area contributed by atoms with E-state index >= 15 is 0 Å². The highest BCUT2D eigenvalue weighted by atomic mass is 28.4. The second-order valence-electron chi connectivity index (χ2n) is 8.64. The predicted octanol–water partition coefficient (Wildman–Crippen LogP) is 4.92. The van der Waals surface area contributed by atoms with Gasteiger partial charge in [-0.25, -0.2) is 4.98 Å². The second-order valence-corrected chi connectivity index (χ2v) is 13.4. The Hall–Kier alpha value is -1.58. The van der Waals surface area contributed by atoms with Gasteiger partial charge in [0.15, 0.2) is 14.1 Å². The first-order chi connectivity index (χ1) is 12.2. The van der Waals surface area contributed by atoms with E-state index in [0.717, 1.165) is 32.3 Å². The fourth-order valence-corrected chi connectivity index (χ4v) is 4.00. The smallest absolute Gasteiger partial charge is 0.258 e. The maximum Gasteiger partial charge on any atom is 0.258 e. The number of nitrogens with zero attached hydrogens (tertiary/aromatic N) is 2. The first kappa shape index (κ1) is 20.7. The molecule has 1 saturated carbocycles. The molecule has 0 radical (unpaired) electrons. The van der Waals surface area contributed by atoms with E-state index in [9.17, 15) is 5.26 Å². The summed E-state index contributed by atoms with van der Waals surface area (Å²) in [5, 5.41) is 9.42. The number of ether oxygens (including phenoxy) is 2. The molecule has 0 aliphatic heterocycles. The average Bonchev–Trinajstić information content (AvgIpc) is 2.60. The lowest BCUT2D eigenvalue weighted by Crippen LogP contribution is -2.42. The van der Waals surface area contributed by atoms with Gasteiger partial charge >= 0.3 is 0 Å². The van der Waals surface area contributed by atoms with Crippen LogP contribution in [0.15, 0.2) is 12.3 Å². The summed E-state index contributed by atoms with van der Waals surface area (Å²) < 4.78 is 17.7. The number of hydrogen-bond acceptors (Lipinski definition) is 5. The van der Waals surface area contributed by atoms with Gasteiger partial charge in [-0.05, 0) is 55.8 Å². The molecule has 0 N–H and O–H groups in total. The molecular weight excluding hydrogens is 344 g/mol. The maximum absolute atomic E-state index is 9.17. The van der Waals surface area contributed by atoms with Crippen molar-refractivity contribution in [3.63, 3.8) is 0 Å². The van der Waals surface area contributed by atoms with E-state index in [1.165, 1.54) is 0 Å². The van der Waals surface area contributed by atoms with Crippen LogP contribution in [0.5, 0.6) is 11.6 Å². The molecule has 1 aliphatic rings. The van der Waals surface area contributed by atoms with E-state index in [2.05, 4.69) is 44.9 Å². The normalized spacial score (nSPS) is 21.1. The molecule has 0 aromatic carbocycles. The van der Waals surface area contributed by atoms with Crippen molar-refractivity contribution in [1.82, 2.24) is 4.98 Å². The Labute approximate surface area is 158 Å². The number of rotatable bonds is 6. The standard InChI is InChI=1S/C20H32N2O3Si/c1-20(2,3)26(5,6)24-14-15-7-9-17(10-8-15)25-19-18(23-4)16(13-21)11-12-22-19/h11-12,15,17H,7-10,14H2,1-6H3. The maximum atomic E-state index is 9.17. The SMILES string of the molecule is COc1c(C#N)ccnc1OC1CCC(CO[Si](C)(C)C(C)(C)C)CC1. The zero-order valence-corrected chi connectivity index (χ0v) is 18.0. The summed E-state index contributed by atoms with van der Waals surface area (Å²) in [6.07, 6.45) is 5.86. The van der Waals surface area contributed by atoms with Crippen LogP contribution in [0.3, 0.4) is 0 Å². The molecule has 1 aromatic heterocycles. The van der Waals surface area contributed by atoms with Crippen molar-refractivity contribution >= 4 is 8.32 Å². The van der Waals surface area contributed by atoms with Gasteiger partial charge in [0.1, 0.15) is 17.7 Å². The summed E-state index contributed by atoms with van der Waals surface area (Å²) >= 11 is 0. The van der Waals surface area contributed by atoms with Crippen LogP contribution < -0.4 is 9.47 Å². The predicted molar refractivity (Wildman–Crippen MR) is 105 cm³/mol. The summed E-state index contributed by atoms with van der Waals surface area (Å²) in [6, 6.07) is 3.76. The van der Waals surface area contributed by atoms with E-state index in [4.69, 9.17) is 13.9 Å². The molecule has 1 aliphatic carbocycles. The minimum atomic E-state index is -1.68. The van der Waals surface area contributed by atoms with Crippen LogP contribution in [0.1, 0.15) is 52.0 Å². The van der Waals surface area contributed by atoms with Gasteiger partial charge in [-0.3, -0.25) is 0 Å². The van der Waals surface area contributed by atoms with Gasteiger partial charge in [-0.15, -0.1) is 0 Å². The van der Waals surface area contributed by atoms with Gasteiger partial charge in [0, 0.05) is 12.8 Å². The molecule has 1 fully saturated rings. The lowest BCUT2D eigenvalue weighted by molar-refractivity contribution is 0.0997. The van der Waals surface area contributed by atoms with Crippen molar-refractivity contribution in [2.45, 2.75) is 70.7 Å². The minimum absolute atomic E-state index is 0.120. The molecule has 1 aromatic rings. The topological polar surface area (TPSA) is 64.4 Å². The summed E-state index contributed by atoms with van der Waals surface area (Å²) in [6.45, 7) is 12.3. The summed E-state index contributed by atoms with van der Waals surface area (Å²) in [7, 11) is -0.137. The molecule has 6 heteroatoms. The third-order valence-electron chi connectivity index (χ3n) is 5.75. The van der Waals surface area contributed by atoms with Crippen LogP contribution >= 0.6 is 0 Å². The van der Waals surface area contributed by atoms with Crippen molar-refractivity contribution in [1.29, 1.82) is 5.26 Å². The minimum Gasteiger partial charge on any atom is -0.490 e. The average molecular weight is 377 g/mol. The highest BCUT2D eigenvalue weighted by molar-refractivity contribution is 6.74. The van der Waals surface area contributed by atoms with Gasteiger partial charge in [0.2, 0.25) is 0 Å². The zero-order chi connectivity index (χ0) is 19.4. The number of methoxy groups -OCH3 is 1. The molecule has 1 heterocycles. The molecule has 5 nitrogen and oxygen atoms in total. The Balaban J connectivity index is 1.87. The molecule has 0 spiro atoms. The first-order valence-corrected chi connectivity index (χ1v) is 12.3. The van der Waals surface area contributed by atoms with Crippen LogP contribution in [0.4, 0.5) is 0 Å². The van der Waals surface area contributed by atoms with Crippen LogP contribution in [0, 0.1) is 17.2 Å². The van der Waals surface area contributed by atoms with Crippen LogP contribution in [0.25, 0.3) is 0 Å². The monoisotopic (exact) mass is 376 g/mol. The van der Waals surface area contributed by atoms with Gasteiger partial charge in [-0.2, -0.15) is 5.26 Å². The summed E-state index contributed by atoms with van der Waals surface area (Å²) in [5.41, 5.74) is 0.453. The van der Waals surface area contributed by atoms with Gasteiger partial charge < -0.3 is 13.9 Å². The highest BCUT2D eigenvalue weighted by Crippen LogP contribution is 2.38. The quantitative estimate of drug-likeness (QED) is 0.659. The molecule has 0 unspecified atom stereocenters. The van der Waals surface area contributed by atoms with Crippen molar-refractivity contribution < 1.29 is 13.9 Å². The fourth-order valence-electron chi connectivity index (χ4n) is 2.92. The Morgan fingerprint density at radius 1 is 1.23 bits per heavy atom. The molecule has 0 amide bonds. The van der Waals surface area contributed by atoms with Gasteiger partial charge in [0.05, 0.1) is 7.11 Å².